The van der Waals surface area contributed by atoms with E-state index in [0.29, 0.717) is 11.3 Å². The van der Waals surface area contributed by atoms with Crippen molar-refractivity contribution in [3.8, 4) is 5.75 Å². The van der Waals surface area contributed by atoms with Crippen LogP contribution in [0.25, 0.3) is 0 Å². The molecule has 0 fully saturated rings. The lowest BCUT2D eigenvalue weighted by Gasteiger charge is -2.25. The van der Waals surface area contributed by atoms with Crippen LogP contribution in [0.2, 0.25) is 0 Å². The summed E-state index contributed by atoms with van der Waals surface area (Å²) in [7, 11) is 2.84. The lowest BCUT2D eigenvalue weighted by molar-refractivity contribution is -0.136. The summed E-state index contributed by atoms with van der Waals surface area (Å²) in [4.78, 5) is 25.3. The second-order valence-corrected chi connectivity index (χ2v) is 5.76. The number of ketones is 1. The summed E-state index contributed by atoms with van der Waals surface area (Å²) >= 11 is 0. The van der Waals surface area contributed by atoms with Crippen molar-refractivity contribution in [2.45, 2.75) is 5.92 Å². The standard InChI is InChI=1S/C22H22O4/c1-5-19(21(23)17-12-9-13-18(14-17)25-3)20(15(2)22(24)26-4)16-10-7-6-8-11-16/h5-14,19-20H,1-2H2,3-4H3/t19-,20-/m0/s1. The Morgan fingerprint density at radius 3 is 2.31 bits per heavy atom. The summed E-state index contributed by atoms with van der Waals surface area (Å²) in [5.74, 6) is -1.38. The summed E-state index contributed by atoms with van der Waals surface area (Å²) in [6.45, 7) is 7.70. The van der Waals surface area contributed by atoms with E-state index in [1.54, 1.807) is 37.5 Å². The van der Waals surface area contributed by atoms with E-state index < -0.39 is 17.8 Å². The predicted molar refractivity (Wildman–Crippen MR) is 101 cm³/mol. The maximum Gasteiger partial charge on any atom is 0.333 e. The highest BCUT2D eigenvalue weighted by atomic mass is 16.5. The SMILES string of the molecule is C=C[C@H](C(=O)c1cccc(OC)c1)[C@@H](C(=C)C(=O)OC)c1ccccc1. The molecule has 0 saturated carbocycles. The van der Waals surface area contributed by atoms with Crippen LogP contribution in [0.3, 0.4) is 0 Å². The zero-order chi connectivity index (χ0) is 19.1. The third kappa shape index (κ3) is 4.09. The maximum atomic E-state index is 13.2. The molecule has 2 aromatic rings. The van der Waals surface area contributed by atoms with Crippen LogP contribution in [0.15, 0.2) is 79.4 Å². The smallest absolute Gasteiger partial charge is 0.333 e. The molecule has 4 heteroatoms. The van der Waals surface area contributed by atoms with Crippen molar-refractivity contribution < 1.29 is 19.1 Å². The largest absolute Gasteiger partial charge is 0.497 e. The van der Waals surface area contributed by atoms with Crippen LogP contribution in [0.1, 0.15) is 21.8 Å². The minimum Gasteiger partial charge on any atom is -0.497 e. The van der Waals surface area contributed by atoms with Crippen LogP contribution >= 0.6 is 0 Å². The molecule has 0 aliphatic rings. The number of hydrogen-bond donors (Lipinski definition) is 0. The molecule has 0 unspecified atom stereocenters. The van der Waals surface area contributed by atoms with Crippen molar-refractivity contribution in [1.29, 1.82) is 0 Å². The van der Waals surface area contributed by atoms with Gasteiger partial charge in [-0.15, -0.1) is 6.58 Å². The Hall–Kier alpha value is -3.14. The summed E-state index contributed by atoms with van der Waals surface area (Å²) in [5.41, 5.74) is 1.48. The van der Waals surface area contributed by atoms with E-state index in [2.05, 4.69) is 13.2 Å². The number of methoxy groups -OCH3 is 2. The topological polar surface area (TPSA) is 52.6 Å². The quantitative estimate of drug-likeness (QED) is 0.310. The lowest BCUT2D eigenvalue weighted by Crippen LogP contribution is -2.25. The average molecular weight is 350 g/mol. The highest BCUT2D eigenvalue weighted by Crippen LogP contribution is 2.35. The van der Waals surface area contributed by atoms with Crippen molar-refractivity contribution in [2.75, 3.05) is 14.2 Å². The van der Waals surface area contributed by atoms with Gasteiger partial charge in [-0.05, 0) is 17.7 Å². The predicted octanol–water partition coefficient (Wildman–Crippen LogP) is 4.19. The summed E-state index contributed by atoms with van der Waals surface area (Å²) in [6, 6.07) is 16.2. The van der Waals surface area contributed by atoms with Gasteiger partial charge in [0.25, 0.3) is 0 Å². The van der Waals surface area contributed by atoms with E-state index >= 15 is 0 Å². The number of carbonyl (C=O) groups is 2. The van der Waals surface area contributed by atoms with Gasteiger partial charge in [0.1, 0.15) is 5.75 Å². The van der Waals surface area contributed by atoms with Crippen molar-refractivity contribution in [3.63, 3.8) is 0 Å². The Labute approximate surface area is 153 Å². The molecule has 0 aliphatic carbocycles. The van der Waals surface area contributed by atoms with E-state index in [-0.39, 0.29) is 11.4 Å². The van der Waals surface area contributed by atoms with Gasteiger partial charge in [-0.25, -0.2) is 4.79 Å². The van der Waals surface area contributed by atoms with Crippen LogP contribution in [0, 0.1) is 5.92 Å². The first-order valence-corrected chi connectivity index (χ1v) is 8.16. The average Bonchev–Trinajstić information content (AvgIpc) is 2.70. The second-order valence-electron chi connectivity index (χ2n) is 5.76. The minimum absolute atomic E-state index is 0.169. The number of rotatable bonds is 8. The Balaban J connectivity index is 2.49. The fraction of sp³-hybridized carbons (Fsp3) is 0.182. The van der Waals surface area contributed by atoms with Gasteiger partial charge in [0.2, 0.25) is 0 Å². The molecule has 0 radical (unpaired) electrons. The van der Waals surface area contributed by atoms with Gasteiger partial charge in [0.15, 0.2) is 5.78 Å². The van der Waals surface area contributed by atoms with Gasteiger partial charge < -0.3 is 9.47 Å². The third-order valence-corrected chi connectivity index (χ3v) is 4.25. The Bertz CT molecular complexity index is 808. The molecule has 0 aromatic heterocycles. The fourth-order valence-electron chi connectivity index (χ4n) is 2.91. The molecule has 0 bridgehead atoms. The van der Waals surface area contributed by atoms with Crippen LogP contribution < -0.4 is 4.74 Å². The first kappa shape index (κ1) is 19.2. The summed E-state index contributed by atoms with van der Waals surface area (Å²) in [6.07, 6.45) is 1.55. The number of hydrogen-bond acceptors (Lipinski definition) is 4. The molecule has 2 aromatic carbocycles. The van der Waals surface area contributed by atoms with Crippen LogP contribution in [0.4, 0.5) is 0 Å². The van der Waals surface area contributed by atoms with Crippen molar-refractivity contribution >= 4 is 11.8 Å². The first-order chi connectivity index (χ1) is 12.5. The zero-order valence-corrected chi connectivity index (χ0v) is 15.0. The van der Waals surface area contributed by atoms with Crippen molar-refractivity contribution in [3.05, 3.63) is 90.5 Å². The number of benzene rings is 2. The van der Waals surface area contributed by atoms with Crippen molar-refractivity contribution in [2.24, 2.45) is 5.92 Å². The van der Waals surface area contributed by atoms with Crippen LogP contribution in [-0.4, -0.2) is 26.0 Å². The molecule has 0 amide bonds. The summed E-state index contributed by atoms with van der Waals surface area (Å²) in [5, 5.41) is 0. The normalized spacial score (nSPS) is 12.5. The molecule has 26 heavy (non-hydrogen) atoms. The number of ether oxygens (including phenoxy) is 2. The maximum absolute atomic E-state index is 13.2. The lowest BCUT2D eigenvalue weighted by atomic mass is 9.77. The van der Waals surface area contributed by atoms with Gasteiger partial charge in [-0.1, -0.05) is 55.1 Å². The third-order valence-electron chi connectivity index (χ3n) is 4.25. The highest BCUT2D eigenvalue weighted by molar-refractivity contribution is 6.01. The fourth-order valence-corrected chi connectivity index (χ4v) is 2.91. The molecule has 2 atom stereocenters. The molecule has 0 spiro atoms. The molecule has 0 heterocycles. The molecule has 0 saturated heterocycles. The van der Waals surface area contributed by atoms with Crippen LogP contribution in [-0.2, 0) is 9.53 Å². The number of esters is 1. The van der Waals surface area contributed by atoms with E-state index in [9.17, 15) is 9.59 Å². The second kappa shape index (κ2) is 8.81. The molecular formula is C22H22O4. The van der Waals surface area contributed by atoms with Gasteiger partial charge >= 0.3 is 5.97 Å². The number of Topliss-reactive ketones (excluding diaryl/α,β-unsaturated/α-hetero) is 1. The molecule has 134 valence electrons. The zero-order valence-electron chi connectivity index (χ0n) is 15.0. The van der Waals surface area contributed by atoms with E-state index in [1.165, 1.54) is 7.11 Å². The van der Waals surface area contributed by atoms with E-state index in [4.69, 9.17) is 9.47 Å². The molecule has 0 N–H and O–H groups in total. The molecule has 2 rings (SSSR count). The monoisotopic (exact) mass is 350 g/mol. The summed E-state index contributed by atoms with van der Waals surface area (Å²) < 4.78 is 10.0. The van der Waals surface area contributed by atoms with Gasteiger partial charge in [-0.3, -0.25) is 4.79 Å². The molecular weight excluding hydrogens is 328 g/mol. The molecule has 0 aliphatic heterocycles. The molecule has 4 nitrogen and oxygen atoms in total. The van der Waals surface area contributed by atoms with Gasteiger partial charge in [0.05, 0.1) is 20.1 Å². The minimum atomic E-state index is -0.670. The number of carbonyl (C=O) groups excluding carboxylic acids is 2. The number of allylic oxidation sites excluding steroid dienone is 1. The van der Waals surface area contributed by atoms with Gasteiger partial charge in [0, 0.05) is 17.1 Å². The van der Waals surface area contributed by atoms with Crippen molar-refractivity contribution in [1.82, 2.24) is 0 Å². The highest BCUT2D eigenvalue weighted by Gasteiger charge is 2.33. The first-order valence-electron chi connectivity index (χ1n) is 8.16. The van der Waals surface area contributed by atoms with Gasteiger partial charge in [-0.2, -0.15) is 0 Å². The Morgan fingerprint density at radius 2 is 1.73 bits per heavy atom. The Morgan fingerprint density at radius 1 is 1.04 bits per heavy atom. The van der Waals surface area contributed by atoms with E-state index in [0.717, 1.165) is 5.56 Å². The van der Waals surface area contributed by atoms with Crippen LogP contribution in [0.5, 0.6) is 5.75 Å². The Kier molecular flexibility index (Phi) is 6.50. The van der Waals surface area contributed by atoms with E-state index in [1.807, 2.05) is 30.3 Å².